The van der Waals surface area contributed by atoms with E-state index in [0.29, 0.717) is 11.3 Å². The number of halogens is 3. The average Bonchev–Trinajstić information content (AvgIpc) is 2.96. The molecule has 0 saturated carbocycles. The fourth-order valence-electron chi connectivity index (χ4n) is 3.73. The van der Waals surface area contributed by atoms with Crippen molar-refractivity contribution in [3.05, 3.63) is 82.7 Å². The van der Waals surface area contributed by atoms with Gasteiger partial charge in [-0.25, -0.2) is 0 Å². The van der Waals surface area contributed by atoms with Crippen molar-refractivity contribution in [3.8, 4) is 16.9 Å². The summed E-state index contributed by atoms with van der Waals surface area (Å²) in [7, 11) is 0. The number of alkyl halides is 3. The van der Waals surface area contributed by atoms with Gasteiger partial charge >= 0.3 is 6.18 Å². The predicted octanol–water partition coefficient (Wildman–Crippen LogP) is 5.34. The molecular weight excluding hydrogens is 389 g/mol. The topological polar surface area (TPSA) is 34.1 Å². The van der Waals surface area contributed by atoms with Gasteiger partial charge in [0.05, 0.1) is 11.3 Å². The van der Waals surface area contributed by atoms with Gasteiger partial charge in [-0.2, -0.15) is 13.2 Å². The summed E-state index contributed by atoms with van der Waals surface area (Å²) in [6, 6.07) is 13.3. The summed E-state index contributed by atoms with van der Waals surface area (Å²) in [6.07, 6.45) is -0.949. The Balaban J connectivity index is 1.71. The van der Waals surface area contributed by atoms with E-state index in [4.69, 9.17) is 4.74 Å². The lowest BCUT2D eigenvalue weighted by atomic mass is 9.95. The van der Waals surface area contributed by atoms with Crippen LogP contribution in [0.4, 0.5) is 13.2 Å². The summed E-state index contributed by atoms with van der Waals surface area (Å²) in [5.74, 6) is 0.415. The molecule has 0 amide bonds. The maximum atomic E-state index is 13.4. The lowest BCUT2D eigenvalue weighted by molar-refractivity contribution is -0.137. The van der Waals surface area contributed by atoms with Crippen molar-refractivity contribution in [3.63, 3.8) is 0 Å². The highest BCUT2D eigenvalue weighted by atomic mass is 19.4. The van der Waals surface area contributed by atoms with E-state index < -0.39 is 11.7 Å². The number of pyridine rings is 1. The van der Waals surface area contributed by atoms with Crippen LogP contribution < -0.4 is 10.1 Å². The normalized spacial score (nSPS) is 14.1. The highest BCUT2D eigenvalue weighted by Crippen LogP contribution is 2.38. The first-order valence-electron chi connectivity index (χ1n) is 9.98. The molecule has 0 unspecified atom stereocenters. The van der Waals surface area contributed by atoms with Crippen LogP contribution in [-0.4, -0.2) is 18.1 Å². The zero-order valence-electron chi connectivity index (χ0n) is 16.7. The van der Waals surface area contributed by atoms with E-state index >= 15 is 0 Å². The predicted molar refractivity (Wildman–Crippen MR) is 110 cm³/mol. The SMILES string of the molecule is Cc1ccnc(COc2ccc(C(F)(F)F)cc2-c2ccc3c(c2)CCNCC3)c1. The van der Waals surface area contributed by atoms with E-state index in [0.717, 1.165) is 48.8 Å². The second-order valence-corrected chi connectivity index (χ2v) is 7.56. The fourth-order valence-corrected chi connectivity index (χ4v) is 3.73. The molecule has 0 bridgehead atoms. The lowest BCUT2D eigenvalue weighted by Crippen LogP contribution is -2.16. The quantitative estimate of drug-likeness (QED) is 0.628. The molecule has 0 fully saturated rings. The smallest absolute Gasteiger partial charge is 0.416 e. The van der Waals surface area contributed by atoms with Gasteiger partial charge in [0.2, 0.25) is 0 Å². The van der Waals surface area contributed by atoms with E-state index in [9.17, 15) is 13.2 Å². The first-order chi connectivity index (χ1) is 14.4. The molecule has 2 heterocycles. The molecule has 4 rings (SSSR count). The molecule has 3 aromatic rings. The molecule has 1 aliphatic heterocycles. The van der Waals surface area contributed by atoms with Crippen molar-refractivity contribution >= 4 is 0 Å². The van der Waals surface area contributed by atoms with E-state index in [2.05, 4.69) is 10.3 Å². The first-order valence-corrected chi connectivity index (χ1v) is 9.98. The second-order valence-electron chi connectivity index (χ2n) is 7.56. The summed E-state index contributed by atoms with van der Waals surface area (Å²) in [5, 5.41) is 3.36. The van der Waals surface area contributed by atoms with E-state index in [1.54, 1.807) is 6.20 Å². The third kappa shape index (κ3) is 4.65. The Hall–Kier alpha value is -2.86. The Labute approximate surface area is 173 Å². The Morgan fingerprint density at radius 3 is 2.53 bits per heavy atom. The number of aromatic nitrogens is 1. The Morgan fingerprint density at radius 1 is 0.967 bits per heavy atom. The number of benzene rings is 2. The van der Waals surface area contributed by atoms with E-state index in [-0.39, 0.29) is 6.61 Å². The fraction of sp³-hybridized carbons (Fsp3) is 0.292. The monoisotopic (exact) mass is 412 g/mol. The number of ether oxygens (including phenoxy) is 1. The van der Waals surface area contributed by atoms with Crippen LogP contribution in [0.5, 0.6) is 5.75 Å². The van der Waals surface area contributed by atoms with Gasteiger partial charge in [-0.15, -0.1) is 0 Å². The maximum Gasteiger partial charge on any atom is 0.416 e. The average molecular weight is 412 g/mol. The van der Waals surface area contributed by atoms with Crippen molar-refractivity contribution < 1.29 is 17.9 Å². The Morgan fingerprint density at radius 2 is 1.77 bits per heavy atom. The number of aryl methyl sites for hydroxylation is 1. The molecule has 3 nitrogen and oxygen atoms in total. The van der Waals surface area contributed by atoms with Gasteiger partial charge in [-0.3, -0.25) is 4.98 Å². The molecule has 0 saturated heterocycles. The van der Waals surface area contributed by atoms with Crippen molar-refractivity contribution in [2.24, 2.45) is 0 Å². The van der Waals surface area contributed by atoms with Crippen molar-refractivity contribution in [2.45, 2.75) is 32.5 Å². The number of nitrogens with zero attached hydrogens (tertiary/aromatic N) is 1. The number of hydrogen-bond donors (Lipinski definition) is 1. The van der Waals surface area contributed by atoms with Gasteiger partial charge in [0.15, 0.2) is 0 Å². The third-order valence-corrected chi connectivity index (χ3v) is 5.31. The summed E-state index contributed by atoms with van der Waals surface area (Å²) in [6.45, 7) is 3.92. The summed E-state index contributed by atoms with van der Waals surface area (Å²) in [5.41, 5.74) is 4.68. The molecule has 1 N–H and O–H groups in total. The van der Waals surface area contributed by atoms with Crippen LogP contribution in [0.15, 0.2) is 54.7 Å². The van der Waals surface area contributed by atoms with Crippen molar-refractivity contribution in [1.82, 2.24) is 10.3 Å². The van der Waals surface area contributed by atoms with Crippen LogP contribution in [0.3, 0.4) is 0 Å². The molecular formula is C24H23F3N2O. The summed E-state index contributed by atoms with van der Waals surface area (Å²) >= 11 is 0. The van der Waals surface area contributed by atoms with Crippen molar-refractivity contribution in [1.29, 1.82) is 0 Å². The number of hydrogen-bond acceptors (Lipinski definition) is 3. The molecule has 156 valence electrons. The molecule has 0 aliphatic carbocycles. The molecule has 0 radical (unpaired) electrons. The molecule has 1 aromatic heterocycles. The highest BCUT2D eigenvalue weighted by molar-refractivity contribution is 5.72. The van der Waals surface area contributed by atoms with Gasteiger partial charge < -0.3 is 10.1 Å². The number of fused-ring (bicyclic) bond motifs is 1. The molecule has 1 aliphatic rings. The maximum absolute atomic E-state index is 13.4. The first kappa shape index (κ1) is 20.4. The molecule has 30 heavy (non-hydrogen) atoms. The second kappa shape index (κ2) is 8.48. The van der Waals surface area contributed by atoms with Gasteiger partial charge in [0.25, 0.3) is 0 Å². The van der Waals surface area contributed by atoms with Gasteiger partial charge in [-0.05, 0) is 85.4 Å². The van der Waals surface area contributed by atoms with Gasteiger partial charge in [0, 0.05) is 11.8 Å². The van der Waals surface area contributed by atoms with Crippen molar-refractivity contribution in [2.75, 3.05) is 13.1 Å². The van der Waals surface area contributed by atoms with Crippen LogP contribution in [-0.2, 0) is 25.6 Å². The zero-order valence-corrected chi connectivity index (χ0v) is 16.7. The van der Waals surface area contributed by atoms with Crippen LogP contribution >= 0.6 is 0 Å². The minimum atomic E-state index is -4.42. The van der Waals surface area contributed by atoms with Gasteiger partial charge in [-0.1, -0.05) is 18.2 Å². The van der Waals surface area contributed by atoms with Crippen LogP contribution in [0.25, 0.3) is 11.1 Å². The molecule has 6 heteroatoms. The third-order valence-electron chi connectivity index (χ3n) is 5.31. The standard InChI is InChI=1S/C24H23F3N2O/c1-16-6-11-29-21(12-16)15-30-23-5-4-20(24(25,26)27)14-22(23)19-3-2-17-7-9-28-10-8-18(17)13-19/h2-6,11-14,28H,7-10,15H2,1H3. The largest absolute Gasteiger partial charge is 0.487 e. The highest BCUT2D eigenvalue weighted by Gasteiger charge is 2.31. The number of rotatable bonds is 4. The molecule has 0 spiro atoms. The minimum Gasteiger partial charge on any atom is -0.487 e. The summed E-state index contributed by atoms with van der Waals surface area (Å²) in [4.78, 5) is 4.27. The summed E-state index contributed by atoms with van der Waals surface area (Å²) < 4.78 is 46.1. The van der Waals surface area contributed by atoms with E-state index in [1.807, 2.05) is 37.3 Å². The minimum absolute atomic E-state index is 0.189. The molecule has 0 atom stereocenters. The lowest BCUT2D eigenvalue weighted by Gasteiger charge is -2.16. The Bertz CT molecular complexity index is 1050. The van der Waals surface area contributed by atoms with Crippen LogP contribution in [0.2, 0.25) is 0 Å². The van der Waals surface area contributed by atoms with Crippen LogP contribution in [0, 0.1) is 6.92 Å². The Kier molecular flexibility index (Phi) is 5.77. The number of nitrogens with one attached hydrogen (secondary N) is 1. The van der Waals surface area contributed by atoms with Gasteiger partial charge in [0.1, 0.15) is 12.4 Å². The molecule has 2 aromatic carbocycles. The van der Waals surface area contributed by atoms with E-state index in [1.165, 1.54) is 23.3 Å². The zero-order chi connectivity index (χ0) is 21.1. The van der Waals surface area contributed by atoms with Crippen LogP contribution in [0.1, 0.15) is 27.9 Å².